The van der Waals surface area contributed by atoms with Gasteiger partial charge in [0.15, 0.2) is 10.6 Å². The molecule has 0 saturated carbocycles. The molecular weight excluding hydrogens is 243 g/mol. The van der Waals surface area contributed by atoms with Crippen molar-refractivity contribution in [2.24, 2.45) is 0 Å². The highest BCUT2D eigenvalue weighted by Crippen LogP contribution is 2.15. The van der Waals surface area contributed by atoms with Crippen LogP contribution >= 0.6 is 23.2 Å². The van der Waals surface area contributed by atoms with Crippen LogP contribution < -0.4 is 0 Å². The van der Waals surface area contributed by atoms with Gasteiger partial charge in [-0.1, -0.05) is 23.2 Å². The van der Waals surface area contributed by atoms with E-state index in [0.717, 1.165) is 0 Å². The van der Waals surface area contributed by atoms with Gasteiger partial charge in [0.1, 0.15) is 0 Å². The van der Waals surface area contributed by atoms with Crippen LogP contribution in [0.3, 0.4) is 0 Å². The van der Waals surface area contributed by atoms with Gasteiger partial charge in [0.25, 0.3) is 0 Å². The summed E-state index contributed by atoms with van der Waals surface area (Å²) >= 11 is 10.7. The summed E-state index contributed by atoms with van der Waals surface area (Å²) in [7, 11) is 0. The van der Waals surface area contributed by atoms with E-state index in [1.807, 2.05) is 0 Å². The molecule has 4 nitrogen and oxygen atoms in total. The lowest BCUT2D eigenvalue weighted by molar-refractivity contribution is 0.0488. The van der Waals surface area contributed by atoms with Crippen LogP contribution in [0.25, 0.3) is 0 Å². The summed E-state index contributed by atoms with van der Waals surface area (Å²) in [6.07, 6.45) is 0. The first-order valence-electron chi connectivity index (χ1n) is 4.15. The molecule has 0 aliphatic heterocycles. The summed E-state index contributed by atoms with van der Waals surface area (Å²) < 4.78 is 9.60. The fourth-order valence-electron chi connectivity index (χ4n) is 0.890. The van der Waals surface area contributed by atoms with Crippen molar-refractivity contribution in [1.82, 2.24) is 0 Å². The maximum Gasteiger partial charge on any atom is 0.374 e. The van der Waals surface area contributed by atoms with E-state index < -0.39 is 16.6 Å². The van der Waals surface area contributed by atoms with Gasteiger partial charge in [-0.2, -0.15) is 0 Å². The molecule has 0 saturated heterocycles. The summed E-state index contributed by atoms with van der Waals surface area (Å²) in [6.45, 7) is 1.90. The largest absolute Gasteiger partial charge is 0.460 e. The molecule has 6 heteroatoms. The number of alkyl halides is 2. The molecule has 1 heterocycles. The molecule has 0 amide bonds. The summed E-state index contributed by atoms with van der Waals surface area (Å²) in [4.78, 5) is 21.2. The number of rotatable bonds is 4. The molecule has 82 valence electrons. The average Bonchev–Trinajstić information content (AvgIpc) is 2.65. The predicted octanol–water partition coefficient (Wildman–Crippen LogP) is 2.44. The third-order valence-corrected chi connectivity index (χ3v) is 1.92. The second kappa shape index (κ2) is 5.19. The zero-order chi connectivity index (χ0) is 11.4. The van der Waals surface area contributed by atoms with Gasteiger partial charge in [-0.15, -0.1) is 0 Å². The number of ketones is 1. The maximum atomic E-state index is 11.2. The quantitative estimate of drug-likeness (QED) is 0.468. The van der Waals surface area contributed by atoms with E-state index in [2.05, 4.69) is 4.74 Å². The van der Waals surface area contributed by atoms with Crippen molar-refractivity contribution in [1.29, 1.82) is 0 Å². The SMILES string of the molecule is CCOC(=O)c1ccc(C(=O)C(Cl)Cl)o1. The number of hydrogen-bond donors (Lipinski definition) is 0. The van der Waals surface area contributed by atoms with Gasteiger partial charge in [-0.05, 0) is 19.1 Å². The molecule has 1 aromatic rings. The topological polar surface area (TPSA) is 56.5 Å². The molecule has 0 bridgehead atoms. The van der Waals surface area contributed by atoms with Crippen molar-refractivity contribution in [3.05, 3.63) is 23.7 Å². The Morgan fingerprint density at radius 2 is 2.00 bits per heavy atom. The molecule has 0 spiro atoms. The predicted molar refractivity (Wildman–Crippen MR) is 54.5 cm³/mol. The Labute approximate surface area is 96.1 Å². The minimum Gasteiger partial charge on any atom is -0.460 e. The molecule has 0 atom stereocenters. The Hall–Kier alpha value is -1.00. The molecule has 1 aromatic heterocycles. The van der Waals surface area contributed by atoms with E-state index in [-0.39, 0.29) is 18.1 Å². The Morgan fingerprint density at radius 3 is 2.53 bits per heavy atom. The van der Waals surface area contributed by atoms with Gasteiger partial charge in [-0.25, -0.2) is 4.79 Å². The van der Waals surface area contributed by atoms with Crippen molar-refractivity contribution in [2.45, 2.75) is 11.8 Å². The molecule has 0 radical (unpaired) electrons. The van der Waals surface area contributed by atoms with Gasteiger partial charge < -0.3 is 9.15 Å². The molecule has 1 rings (SSSR count). The van der Waals surface area contributed by atoms with Gasteiger partial charge in [0.2, 0.25) is 11.5 Å². The van der Waals surface area contributed by atoms with Crippen molar-refractivity contribution >= 4 is 35.0 Å². The van der Waals surface area contributed by atoms with Crippen molar-refractivity contribution < 1.29 is 18.7 Å². The van der Waals surface area contributed by atoms with E-state index >= 15 is 0 Å². The van der Waals surface area contributed by atoms with Gasteiger partial charge in [-0.3, -0.25) is 4.79 Å². The van der Waals surface area contributed by atoms with Crippen LogP contribution in [0.5, 0.6) is 0 Å². The maximum absolute atomic E-state index is 11.2. The molecular formula is C9H8Cl2O4. The number of carbonyl (C=O) groups is 2. The van der Waals surface area contributed by atoms with Crippen LogP contribution in [-0.2, 0) is 4.74 Å². The van der Waals surface area contributed by atoms with Crippen LogP contribution in [0.15, 0.2) is 16.5 Å². The van der Waals surface area contributed by atoms with Gasteiger partial charge in [0.05, 0.1) is 6.61 Å². The normalized spacial score (nSPS) is 10.4. The van der Waals surface area contributed by atoms with E-state index in [0.29, 0.717) is 0 Å². The standard InChI is InChI=1S/C9H8Cl2O4/c1-2-14-9(13)6-4-3-5(15-6)7(12)8(10)11/h3-4,8H,2H2,1H3. The summed E-state index contributed by atoms with van der Waals surface area (Å²) in [5, 5.41) is 0. The fraction of sp³-hybridized carbons (Fsp3) is 0.333. The summed E-state index contributed by atoms with van der Waals surface area (Å²) in [6, 6.07) is 2.66. The second-order valence-electron chi connectivity index (χ2n) is 2.55. The van der Waals surface area contributed by atoms with Crippen LogP contribution in [-0.4, -0.2) is 23.2 Å². The number of furan rings is 1. The number of Topliss-reactive ketones (excluding diaryl/α,β-unsaturated/α-hetero) is 1. The Balaban J connectivity index is 2.80. The van der Waals surface area contributed by atoms with Gasteiger partial charge in [0, 0.05) is 0 Å². The molecule has 0 N–H and O–H groups in total. The highest BCUT2D eigenvalue weighted by atomic mass is 35.5. The summed E-state index contributed by atoms with van der Waals surface area (Å²) in [5.41, 5.74) is 0. The van der Waals surface area contributed by atoms with E-state index in [9.17, 15) is 9.59 Å². The smallest absolute Gasteiger partial charge is 0.374 e. The van der Waals surface area contributed by atoms with Crippen LogP contribution in [0.2, 0.25) is 0 Å². The lowest BCUT2D eigenvalue weighted by Gasteiger charge is -1.97. The van der Waals surface area contributed by atoms with E-state index in [1.54, 1.807) is 6.92 Å². The van der Waals surface area contributed by atoms with Crippen LogP contribution in [0.4, 0.5) is 0 Å². The third-order valence-electron chi connectivity index (χ3n) is 1.52. The van der Waals surface area contributed by atoms with E-state index in [1.165, 1.54) is 12.1 Å². The zero-order valence-corrected chi connectivity index (χ0v) is 9.34. The van der Waals surface area contributed by atoms with Crippen molar-refractivity contribution in [2.75, 3.05) is 6.61 Å². The minimum absolute atomic E-state index is 0.0471. The molecule has 15 heavy (non-hydrogen) atoms. The first-order valence-corrected chi connectivity index (χ1v) is 5.03. The number of esters is 1. The molecule has 0 fully saturated rings. The van der Waals surface area contributed by atoms with Crippen LogP contribution in [0.1, 0.15) is 28.0 Å². The summed E-state index contributed by atoms with van der Waals surface area (Å²) in [5.74, 6) is -1.33. The third kappa shape index (κ3) is 2.97. The fourth-order valence-corrected chi connectivity index (χ4v) is 1.10. The first-order chi connectivity index (χ1) is 7.06. The Kier molecular flexibility index (Phi) is 4.17. The lowest BCUT2D eigenvalue weighted by Crippen LogP contribution is -2.07. The van der Waals surface area contributed by atoms with Crippen molar-refractivity contribution in [3.8, 4) is 0 Å². The lowest BCUT2D eigenvalue weighted by atomic mass is 10.3. The average molecular weight is 251 g/mol. The Bertz CT molecular complexity index is 370. The molecule has 0 unspecified atom stereocenters. The second-order valence-corrected chi connectivity index (χ2v) is 3.65. The first kappa shape index (κ1) is 12.1. The van der Waals surface area contributed by atoms with Crippen LogP contribution in [0, 0.1) is 0 Å². The number of hydrogen-bond acceptors (Lipinski definition) is 4. The number of carbonyl (C=O) groups excluding carboxylic acids is 2. The molecule has 0 aromatic carbocycles. The number of ether oxygens (including phenoxy) is 1. The minimum atomic E-state index is -1.20. The number of halogens is 2. The van der Waals surface area contributed by atoms with E-state index in [4.69, 9.17) is 27.6 Å². The molecule has 0 aliphatic rings. The monoisotopic (exact) mass is 250 g/mol. The highest BCUT2D eigenvalue weighted by molar-refractivity contribution is 6.55. The van der Waals surface area contributed by atoms with Crippen molar-refractivity contribution in [3.63, 3.8) is 0 Å². The Morgan fingerprint density at radius 1 is 1.40 bits per heavy atom. The zero-order valence-electron chi connectivity index (χ0n) is 7.83. The van der Waals surface area contributed by atoms with Gasteiger partial charge >= 0.3 is 5.97 Å². The highest BCUT2D eigenvalue weighted by Gasteiger charge is 2.20. The molecule has 0 aliphatic carbocycles.